The first-order valence-corrected chi connectivity index (χ1v) is 9.90. The Hall–Kier alpha value is -2.38. The van der Waals surface area contributed by atoms with E-state index in [4.69, 9.17) is 4.74 Å². The van der Waals surface area contributed by atoms with Gasteiger partial charge in [-0.3, -0.25) is 4.79 Å². The van der Waals surface area contributed by atoms with Gasteiger partial charge in [0.2, 0.25) is 15.9 Å². The fourth-order valence-corrected chi connectivity index (χ4v) is 4.76. The Morgan fingerprint density at radius 2 is 1.85 bits per heavy atom. The van der Waals surface area contributed by atoms with Crippen molar-refractivity contribution < 1.29 is 17.9 Å². The number of aryl methyl sites for hydroxylation is 1. The summed E-state index contributed by atoms with van der Waals surface area (Å²) in [4.78, 5) is 13.0. The summed E-state index contributed by atoms with van der Waals surface area (Å²) >= 11 is 0. The number of methoxy groups -OCH3 is 1. The predicted octanol–water partition coefficient (Wildman–Crippen LogP) is 2.80. The van der Waals surface area contributed by atoms with Gasteiger partial charge in [0.15, 0.2) is 0 Å². The highest BCUT2D eigenvalue weighted by Gasteiger charge is 2.39. The molecule has 0 radical (unpaired) electrons. The number of hydrogen-bond acceptors (Lipinski definition) is 4. The van der Waals surface area contributed by atoms with Gasteiger partial charge < -0.3 is 10.1 Å². The highest BCUT2D eigenvalue weighted by atomic mass is 32.2. The number of nitrogens with one attached hydrogen (secondary N) is 1. The van der Waals surface area contributed by atoms with Crippen LogP contribution < -0.4 is 10.1 Å². The van der Waals surface area contributed by atoms with Crippen LogP contribution in [0.3, 0.4) is 0 Å². The average molecular weight is 374 g/mol. The van der Waals surface area contributed by atoms with E-state index in [1.54, 1.807) is 48.5 Å². The van der Waals surface area contributed by atoms with Crippen LogP contribution in [0.5, 0.6) is 5.75 Å². The number of sulfonamides is 1. The molecule has 1 saturated heterocycles. The van der Waals surface area contributed by atoms with Crippen molar-refractivity contribution >= 4 is 21.6 Å². The van der Waals surface area contributed by atoms with Gasteiger partial charge in [0.05, 0.1) is 17.7 Å². The molecular weight excluding hydrogens is 352 g/mol. The Morgan fingerprint density at radius 1 is 1.15 bits per heavy atom. The number of hydrogen-bond donors (Lipinski definition) is 1. The molecule has 1 fully saturated rings. The van der Waals surface area contributed by atoms with Crippen LogP contribution in [0.4, 0.5) is 5.69 Å². The standard InChI is InChI=1S/C19H22N2O4S/c1-14-9-11-15(12-10-14)26(23,24)21-13-5-7-17(21)19(22)20-16-6-3-4-8-18(16)25-2/h3-4,6,8-12,17H,5,7,13H2,1-2H3,(H,20,22). The molecule has 1 atom stereocenters. The van der Waals surface area contributed by atoms with E-state index in [9.17, 15) is 13.2 Å². The van der Waals surface area contributed by atoms with Gasteiger partial charge in [-0.15, -0.1) is 0 Å². The second kappa shape index (κ2) is 7.47. The predicted molar refractivity (Wildman–Crippen MR) is 99.7 cm³/mol. The summed E-state index contributed by atoms with van der Waals surface area (Å²) in [5.74, 6) is 0.189. The highest BCUT2D eigenvalue weighted by molar-refractivity contribution is 7.89. The molecule has 1 heterocycles. The molecule has 1 aliphatic rings. The summed E-state index contributed by atoms with van der Waals surface area (Å²) in [7, 11) is -2.19. The maximum absolute atomic E-state index is 13.0. The molecule has 0 spiro atoms. The molecule has 0 saturated carbocycles. The smallest absolute Gasteiger partial charge is 0.243 e. The van der Waals surface area contributed by atoms with E-state index in [1.807, 2.05) is 6.92 Å². The number of carbonyl (C=O) groups excluding carboxylic acids is 1. The van der Waals surface area contributed by atoms with Gasteiger partial charge >= 0.3 is 0 Å². The number of carbonyl (C=O) groups is 1. The van der Waals surface area contributed by atoms with Gasteiger partial charge in [-0.25, -0.2) is 8.42 Å². The molecule has 138 valence electrons. The highest BCUT2D eigenvalue weighted by Crippen LogP contribution is 2.29. The molecular formula is C19H22N2O4S. The second-order valence-electron chi connectivity index (χ2n) is 6.28. The summed E-state index contributed by atoms with van der Waals surface area (Å²) in [5.41, 5.74) is 1.51. The number of anilines is 1. The molecule has 7 heteroatoms. The van der Waals surface area contributed by atoms with E-state index in [2.05, 4.69) is 5.32 Å². The third kappa shape index (κ3) is 3.59. The summed E-state index contributed by atoms with van der Waals surface area (Å²) in [6.07, 6.45) is 1.14. The minimum Gasteiger partial charge on any atom is -0.495 e. The first-order chi connectivity index (χ1) is 12.4. The first kappa shape index (κ1) is 18.4. The minimum atomic E-state index is -3.72. The summed E-state index contributed by atoms with van der Waals surface area (Å²) in [5, 5.41) is 2.80. The molecule has 6 nitrogen and oxygen atoms in total. The van der Waals surface area contributed by atoms with Crippen molar-refractivity contribution in [3.05, 3.63) is 54.1 Å². The monoisotopic (exact) mass is 374 g/mol. The van der Waals surface area contributed by atoms with Gasteiger partial charge in [-0.1, -0.05) is 29.8 Å². The zero-order valence-corrected chi connectivity index (χ0v) is 15.6. The first-order valence-electron chi connectivity index (χ1n) is 8.46. The molecule has 1 N–H and O–H groups in total. The van der Waals surface area contributed by atoms with Crippen LogP contribution in [0.25, 0.3) is 0 Å². The number of rotatable bonds is 5. The summed E-state index contributed by atoms with van der Waals surface area (Å²) in [6.45, 7) is 2.23. The normalized spacial score (nSPS) is 17.8. The zero-order chi connectivity index (χ0) is 18.7. The van der Waals surface area contributed by atoms with Crippen molar-refractivity contribution in [3.63, 3.8) is 0 Å². The Morgan fingerprint density at radius 3 is 2.54 bits per heavy atom. The maximum atomic E-state index is 13.0. The van der Waals surface area contributed by atoms with Gasteiger partial charge in [-0.2, -0.15) is 4.31 Å². The van der Waals surface area contributed by atoms with Crippen LogP contribution in [0, 0.1) is 6.92 Å². The topological polar surface area (TPSA) is 75.7 Å². The van der Waals surface area contributed by atoms with Crippen molar-refractivity contribution in [2.24, 2.45) is 0 Å². The van der Waals surface area contributed by atoms with Crippen molar-refractivity contribution in [3.8, 4) is 5.75 Å². The van der Waals surface area contributed by atoms with Crippen LogP contribution >= 0.6 is 0 Å². The lowest BCUT2D eigenvalue weighted by Gasteiger charge is -2.23. The third-order valence-corrected chi connectivity index (χ3v) is 6.42. The number of para-hydroxylation sites is 2. The summed E-state index contributed by atoms with van der Waals surface area (Å²) in [6, 6.07) is 13.0. The molecule has 0 aliphatic carbocycles. The summed E-state index contributed by atoms with van der Waals surface area (Å²) < 4.78 is 32.4. The molecule has 1 unspecified atom stereocenters. The van der Waals surface area contributed by atoms with E-state index in [0.29, 0.717) is 30.8 Å². The SMILES string of the molecule is COc1ccccc1NC(=O)C1CCCN1S(=O)(=O)c1ccc(C)cc1. The Kier molecular flexibility index (Phi) is 5.29. The lowest BCUT2D eigenvalue weighted by Crippen LogP contribution is -2.43. The number of nitrogens with zero attached hydrogens (tertiary/aromatic N) is 1. The Balaban J connectivity index is 1.83. The fourth-order valence-electron chi connectivity index (χ4n) is 3.10. The number of benzene rings is 2. The van der Waals surface area contributed by atoms with E-state index >= 15 is 0 Å². The molecule has 2 aromatic rings. The number of ether oxygens (including phenoxy) is 1. The molecule has 3 rings (SSSR count). The molecule has 0 bridgehead atoms. The maximum Gasteiger partial charge on any atom is 0.243 e. The van der Waals surface area contributed by atoms with Crippen molar-refractivity contribution in [1.82, 2.24) is 4.31 Å². The fraction of sp³-hybridized carbons (Fsp3) is 0.316. The van der Waals surface area contributed by atoms with Crippen LogP contribution in [0.1, 0.15) is 18.4 Å². The quantitative estimate of drug-likeness (QED) is 0.873. The van der Waals surface area contributed by atoms with E-state index in [-0.39, 0.29) is 10.8 Å². The molecule has 26 heavy (non-hydrogen) atoms. The number of amides is 1. The Labute approximate surface area is 153 Å². The minimum absolute atomic E-state index is 0.208. The zero-order valence-electron chi connectivity index (χ0n) is 14.8. The van der Waals surface area contributed by atoms with Crippen LogP contribution in [0.2, 0.25) is 0 Å². The van der Waals surface area contributed by atoms with Crippen molar-refractivity contribution in [1.29, 1.82) is 0 Å². The van der Waals surface area contributed by atoms with Gasteiger partial charge in [0.1, 0.15) is 11.8 Å². The molecule has 2 aromatic carbocycles. The van der Waals surface area contributed by atoms with Gasteiger partial charge in [0, 0.05) is 6.54 Å². The largest absolute Gasteiger partial charge is 0.495 e. The third-order valence-electron chi connectivity index (χ3n) is 4.50. The van der Waals surface area contributed by atoms with Crippen LogP contribution in [-0.2, 0) is 14.8 Å². The van der Waals surface area contributed by atoms with Crippen LogP contribution in [-0.4, -0.2) is 38.3 Å². The lowest BCUT2D eigenvalue weighted by atomic mass is 10.2. The van der Waals surface area contributed by atoms with Crippen molar-refractivity contribution in [2.75, 3.05) is 19.0 Å². The average Bonchev–Trinajstić information content (AvgIpc) is 3.13. The molecule has 0 aromatic heterocycles. The molecule has 1 amide bonds. The Bertz CT molecular complexity index is 894. The van der Waals surface area contributed by atoms with Crippen LogP contribution in [0.15, 0.2) is 53.4 Å². The van der Waals surface area contributed by atoms with E-state index in [1.165, 1.54) is 11.4 Å². The van der Waals surface area contributed by atoms with E-state index < -0.39 is 16.1 Å². The van der Waals surface area contributed by atoms with Gasteiger partial charge in [0.25, 0.3) is 0 Å². The lowest BCUT2D eigenvalue weighted by molar-refractivity contribution is -0.119. The van der Waals surface area contributed by atoms with Crippen molar-refractivity contribution in [2.45, 2.75) is 30.7 Å². The van der Waals surface area contributed by atoms with E-state index in [0.717, 1.165) is 5.56 Å². The molecule has 1 aliphatic heterocycles. The van der Waals surface area contributed by atoms with Gasteiger partial charge in [-0.05, 0) is 44.0 Å². The second-order valence-corrected chi connectivity index (χ2v) is 8.17.